The summed E-state index contributed by atoms with van der Waals surface area (Å²) in [5.74, 6) is 0.494. The fourth-order valence-electron chi connectivity index (χ4n) is 2.50. The van der Waals surface area contributed by atoms with Gasteiger partial charge < -0.3 is 9.47 Å². The first-order valence-corrected chi connectivity index (χ1v) is 9.70. The molecule has 2 aromatic carbocycles. The number of amides is 2. The molecule has 2 aromatic rings. The summed E-state index contributed by atoms with van der Waals surface area (Å²) in [6.45, 7) is 2.41. The van der Waals surface area contributed by atoms with Crippen molar-refractivity contribution < 1.29 is 19.1 Å². The van der Waals surface area contributed by atoms with Crippen LogP contribution in [-0.2, 0) is 4.79 Å². The number of carbonyl (C=O) groups is 2. The van der Waals surface area contributed by atoms with Crippen LogP contribution in [0.15, 0.2) is 53.4 Å². The van der Waals surface area contributed by atoms with Crippen LogP contribution in [-0.4, -0.2) is 34.9 Å². The van der Waals surface area contributed by atoms with E-state index in [0.717, 1.165) is 22.3 Å². The van der Waals surface area contributed by atoms with Gasteiger partial charge >= 0.3 is 0 Å². The second kappa shape index (κ2) is 8.90. The first kappa shape index (κ1) is 19.9. The van der Waals surface area contributed by atoms with Gasteiger partial charge in [0.15, 0.2) is 4.32 Å². The van der Waals surface area contributed by atoms with E-state index < -0.39 is 5.91 Å². The van der Waals surface area contributed by atoms with Gasteiger partial charge in [-0.05, 0) is 55.5 Å². The van der Waals surface area contributed by atoms with Crippen molar-refractivity contribution in [1.29, 1.82) is 0 Å². The van der Waals surface area contributed by atoms with E-state index >= 15 is 0 Å². The van der Waals surface area contributed by atoms with Crippen LogP contribution in [0.2, 0.25) is 0 Å². The zero-order chi connectivity index (χ0) is 20.1. The number of thiocarbonyl (C=S) groups is 1. The molecule has 0 spiro atoms. The van der Waals surface area contributed by atoms with Crippen molar-refractivity contribution in [1.82, 2.24) is 10.4 Å². The average Bonchev–Trinajstić information content (AvgIpc) is 2.97. The van der Waals surface area contributed by atoms with Crippen LogP contribution in [0.1, 0.15) is 22.8 Å². The molecule has 1 saturated heterocycles. The third kappa shape index (κ3) is 4.35. The number of para-hydroxylation sites is 1. The molecule has 3 rings (SSSR count). The van der Waals surface area contributed by atoms with E-state index in [-0.39, 0.29) is 10.2 Å². The summed E-state index contributed by atoms with van der Waals surface area (Å²) in [7, 11) is 1.55. The van der Waals surface area contributed by atoms with Gasteiger partial charge in [0.2, 0.25) is 0 Å². The standard InChI is InChI=1S/C20H18N2O4S2/c1-3-26-16-7-5-4-6-14(16)12-17-19(24)22(20(27)28-17)21-18(23)13-8-10-15(25-2)11-9-13/h4-12H,3H2,1-2H3,(H,21,23). The molecule has 1 heterocycles. The number of nitrogens with zero attached hydrogens (tertiary/aromatic N) is 1. The Kier molecular flexibility index (Phi) is 6.33. The quantitative estimate of drug-likeness (QED) is 0.575. The third-order valence-corrected chi connectivity index (χ3v) is 5.17. The van der Waals surface area contributed by atoms with Gasteiger partial charge in [0.05, 0.1) is 18.6 Å². The van der Waals surface area contributed by atoms with E-state index in [1.54, 1.807) is 37.5 Å². The summed E-state index contributed by atoms with van der Waals surface area (Å²) in [5, 5.41) is 1.09. The molecule has 1 aliphatic heterocycles. The monoisotopic (exact) mass is 414 g/mol. The Hall–Kier alpha value is -2.84. The highest BCUT2D eigenvalue weighted by atomic mass is 32.2. The van der Waals surface area contributed by atoms with Crippen molar-refractivity contribution in [3.8, 4) is 11.5 Å². The molecule has 0 saturated carbocycles. The molecule has 0 atom stereocenters. The zero-order valence-electron chi connectivity index (χ0n) is 15.3. The van der Waals surface area contributed by atoms with Crippen molar-refractivity contribution in [3.63, 3.8) is 0 Å². The number of hydrogen-bond acceptors (Lipinski definition) is 6. The van der Waals surface area contributed by atoms with Crippen molar-refractivity contribution in [3.05, 3.63) is 64.6 Å². The number of carbonyl (C=O) groups excluding carboxylic acids is 2. The number of rotatable bonds is 6. The van der Waals surface area contributed by atoms with E-state index in [0.29, 0.717) is 28.6 Å². The number of ether oxygens (including phenoxy) is 2. The largest absolute Gasteiger partial charge is 0.497 e. The predicted octanol–water partition coefficient (Wildman–Crippen LogP) is 3.64. The van der Waals surface area contributed by atoms with E-state index in [4.69, 9.17) is 21.7 Å². The van der Waals surface area contributed by atoms with E-state index in [2.05, 4.69) is 5.43 Å². The van der Waals surface area contributed by atoms with Gasteiger partial charge in [0, 0.05) is 11.1 Å². The SMILES string of the molecule is CCOc1ccccc1C=C1SC(=S)N(NC(=O)c2ccc(OC)cc2)C1=O. The Balaban J connectivity index is 1.77. The molecule has 0 unspecified atom stereocenters. The zero-order valence-corrected chi connectivity index (χ0v) is 16.9. The highest BCUT2D eigenvalue weighted by Gasteiger charge is 2.34. The van der Waals surface area contributed by atoms with Gasteiger partial charge in [0.1, 0.15) is 11.5 Å². The fourth-order valence-corrected chi connectivity index (χ4v) is 3.67. The lowest BCUT2D eigenvalue weighted by Crippen LogP contribution is -2.44. The molecule has 6 nitrogen and oxygen atoms in total. The van der Waals surface area contributed by atoms with Gasteiger partial charge in [0.25, 0.3) is 11.8 Å². The number of nitrogens with one attached hydrogen (secondary N) is 1. The Morgan fingerprint density at radius 1 is 1.21 bits per heavy atom. The third-order valence-electron chi connectivity index (χ3n) is 3.86. The molecule has 0 aromatic heterocycles. The minimum absolute atomic E-state index is 0.256. The van der Waals surface area contributed by atoms with Crippen LogP contribution in [0.25, 0.3) is 6.08 Å². The minimum atomic E-state index is -0.435. The molecule has 2 amide bonds. The summed E-state index contributed by atoms with van der Waals surface area (Å²) >= 11 is 6.39. The first-order valence-electron chi connectivity index (χ1n) is 8.48. The lowest BCUT2D eigenvalue weighted by atomic mass is 10.2. The minimum Gasteiger partial charge on any atom is -0.497 e. The van der Waals surface area contributed by atoms with Crippen LogP contribution in [0.3, 0.4) is 0 Å². The van der Waals surface area contributed by atoms with Crippen molar-refractivity contribution >= 4 is 46.2 Å². The van der Waals surface area contributed by atoms with E-state index in [1.165, 1.54) is 0 Å². The van der Waals surface area contributed by atoms with Gasteiger partial charge in [-0.3, -0.25) is 15.0 Å². The second-order valence-electron chi connectivity index (χ2n) is 5.66. The summed E-state index contributed by atoms with van der Waals surface area (Å²) in [6, 6.07) is 14.0. The van der Waals surface area contributed by atoms with Crippen LogP contribution in [0, 0.1) is 0 Å². The fraction of sp³-hybridized carbons (Fsp3) is 0.150. The second-order valence-corrected chi connectivity index (χ2v) is 7.33. The molecule has 1 aliphatic rings. The lowest BCUT2D eigenvalue weighted by Gasteiger charge is -2.15. The van der Waals surface area contributed by atoms with Gasteiger partial charge in [-0.2, -0.15) is 5.01 Å². The predicted molar refractivity (Wildman–Crippen MR) is 113 cm³/mol. The summed E-state index contributed by atoms with van der Waals surface area (Å²) in [4.78, 5) is 25.6. The average molecular weight is 415 g/mol. The molecule has 1 N–H and O–H groups in total. The summed E-state index contributed by atoms with van der Waals surface area (Å²) in [5.41, 5.74) is 3.72. The normalized spacial score (nSPS) is 15.1. The summed E-state index contributed by atoms with van der Waals surface area (Å²) in [6.07, 6.45) is 1.71. The number of benzene rings is 2. The molecule has 28 heavy (non-hydrogen) atoms. The van der Waals surface area contributed by atoms with Gasteiger partial charge in [-0.25, -0.2) is 0 Å². The Morgan fingerprint density at radius 2 is 1.93 bits per heavy atom. The Labute approximate surface area is 172 Å². The molecule has 144 valence electrons. The van der Waals surface area contributed by atoms with Crippen LogP contribution < -0.4 is 14.9 Å². The molecule has 0 aliphatic carbocycles. The van der Waals surface area contributed by atoms with Crippen LogP contribution >= 0.6 is 24.0 Å². The van der Waals surface area contributed by atoms with Crippen LogP contribution in [0.5, 0.6) is 11.5 Å². The summed E-state index contributed by atoms with van der Waals surface area (Å²) < 4.78 is 10.9. The van der Waals surface area contributed by atoms with Gasteiger partial charge in [-0.1, -0.05) is 30.0 Å². The maximum atomic E-state index is 12.7. The van der Waals surface area contributed by atoms with Crippen LogP contribution in [0.4, 0.5) is 0 Å². The molecule has 8 heteroatoms. The van der Waals surface area contributed by atoms with E-state index in [1.807, 2.05) is 31.2 Å². The molecule has 0 radical (unpaired) electrons. The molecule has 1 fully saturated rings. The highest BCUT2D eigenvalue weighted by Crippen LogP contribution is 2.33. The Bertz CT molecular complexity index is 941. The number of thioether (sulfide) groups is 1. The first-order chi connectivity index (χ1) is 13.5. The number of hydrogen-bond donors (Lipinski definition) is 1. The number of hydrazine groups is 1. The van der Waals surface area contributed by atoms with Gasteiger partial charge in [-0.15, -0.1) is 0 Å². The molecular formula is C20H18N2O4S2. The van der Waals surface area contributed by atoms with Crippen molar-refractivity contribution in [2.75, 3.05) is 13.7 Å². The smallest absolute Gasteiger partial charge is 0.285 e. The number of methoxy groups -OCH3 is 1. The molecular weight excluding hydrogens is 396 g/mol. The van der Waals surface area contributed by atoms with Crippen molar-refractivity contribution in [2.45, 2.75) is 6.92 Å². The maximum absolute atomic E-state index is 12.7. The Morgan fingerprint density at radius 3 is 2.61 bits per heavy atom. The lowest BCUT2D eigenvalue weighted by molar-refractivity contribution is -0.123. The van der Waals surface area contributed by atoms with Crippen molar-refractivity contribution in [2.24, 2.45) is 0 Å². The maximum Gasteiger partial charge on any atom is 0.285 e. The van der Waals surface area contributed by atoms with E-state index in [9.17, 15) is 9.59 Å². The highest BCUT2D eigenvalue weighted by molar-refractivity contribution is 8.26. The molecule has 0 bridgehead atoms. The topological polar surface area (TPSA) is 67.9 Å².